The van der Waals surface area contributed by atoms with E-state index in [9.17, 15) is 13.6 Å². The number of nitrogens with two attached hydrogens (primary N) is 1. The third kappa shape index (κ3) is 1.78. The van der Waals surface area contributed by atoms with E-state index in [1.807, 2.05) is 4.98 Å². The van der Waals surface area contributed by atoms with Crippen molar-refractivity contribution < 1.29 is 8.78 Å². The average molecular weight is 199 g/mol. The van der Waals surface area contributed by atoms with Gasteiger partial charge in [0.1, 0.15) is 11.6 Å². The first-order chi connectivity index (χ1) is 6.60. The minimum absolute atomic E-state index is 0.0798. The highest BCUT2D eigenvalue weighted by molar-refractivity contribution is 5.33. The molecule has 0 atom stereocenters. The molecular weight excluding hydrogens is 192 g/mol. The number of aromatic amines is 1. The van der Waals surface area contributed by atoms with E-state index >= 15 is 0 Å². The summed E-state index contributed by atoms with van der Waals surface area (Å²) in [5, 5.41) is 8.47. The van der Waals surface area contributed by atoms with Gasteiger partial charge in [0, 0.05) is 6.54 Å². The second kappa shape index (κ2) is 3.98. The molecule has 0 saturated heterocycles. The summed E-state index contributed by atoms with van der Waals surface area (Å²) in [6.07, 6.45) is -2.80. The summed E-state index contributed by atoms with van der Waals surface area (Å²) < 4.78 is 24.6. The number of hydrogen-bond donors (Lipinski definition) is 2. The van der Waals surface area contributed by atoms with E-state index in [2.05, 4.69) is 0 Å². The van der Waals surface area contributed by atoms with Crippen LogP contribution in [0.4, 0.5) is 8.78 Å². The zero-order valence-corrected chi connectivity index (χ0v) is 7.05. The molecule has 6 heteroatoms. The molecule has 74 valence electrons. The summed E-state index contributed by atoms with van der Waals surface area (Å²) in [5.74, 6) is 0. The van der Waals surface area contributed by atoms with Crippen molar-refractivity contribution in [3.8, 4) is 6.07 Å². The van der Waals surface area contributed by atoms with Crippen LogP contribution in [0.25, 0.3) is 0 Å². The number of alkyl halides is 2. The Balaban J connectivity index is 3.41. The van der Waals surface area contributed by atoms with Crippen molar-refractivity contribution in [3.05, 3.63) is 33.2 Å². The molecule has 0 bridgehead atoms. The molecule has 3 N–H and O–H groups in total. The van der Waals surface area contributed by atoms with Gasteiger partial charge in [0.15, 0.2) is 0 Å². The fourth-order valence-electron chi connectivity index (χ4n) is 1.03. The molecule has 0 aliphatic carbocycles. The molecule has 0 radical (unpaired) electrons. The zero-order valence-electron chi connectivity index (χ0n) is 7.05. The molecule has 0 aliphatic rings. The first kappa shape index (κ1) is 10.3. The maximum absolute atomic E-state index is 12.3. The predicted molar refractivity (Wildman–Crippen MR) is 44.6 cm³/mol. The number of nitrogens with zero attached hydrogens (tertiary/aromatic N) is 1. The highest BCUT2D eigenvalue weighted by Crippen LogP contribution is 2.19. The fourth-order valence-corrected chi connectivity index (χ4v) is 1.03. The lowest BCUT2D eigenvalue weighted by Crippen LogP contribution is -2.17. The summed E-state index contributed by atoms with van der Waals surface area (Å²) >= 11 is 0. The van der Waals surface area contributed by atoms with Gasteiger partial charge < -0.3 is 10.7 Å². The second-order valence-electron chi connectivity index (χ2n) is 2.57. The van der Waals surface area contributed by atoms with Crippen molar-refractivity contribution in [1.82, 2.24) is 4.98 Å². The minimum atomic E-state index is -2.80. The minimum Gasteiger partial charge on any atom is -0.326 e. The van der Waals surface area contributed by atoms with Crippen LogP contribution in [0.2, 0.25) is 0 Å². The monoisotopic (exact) mass is 199 g/mol. The Kier molecular flexibility index (Phi) is 2.94. The maximum atomic E-state index is 12.3. The third-order valence-corrected chi connectivity index (χ3v) is 1.72. The Morgan fingerprint density at radius 3 is 2.71 bits per heavy atom. The number of H-pyrrole nitrogens is 1. The van der Waals surface area contributed by atoms with Gasteiger partial charge in [-0.05, 0) is 11.6 Å². The van der Waals surface area contributed by atoms with Crippen LogP contribution in [0.3, 0.4) is 0 Å². The quantitative estimate of drug-likeness (QED) is 0.733. The Bertz CT molecular complexity index is 433. The largest absolute Gasteiger partial charge is 0.326 e. The Morgan fingerprint density at radius 1 is 1.64 bits per heavy atom. The van der Waals surface area contributed by atoms with E-state index in [1.165, 1.54) is 0 Å². The second-order valence-corrected chi connectivity index (χ2v) is 2.57. The Labute approximate surface area is 78.0 Å². The van der Waals surface area contributed by atoms with Crippen LogP contribution in [0.1, 0.15) is 23.2 Å². The molecule has 0 saturated carbocycles. The van der Waals surface area contributed by atoms with Crippen molar-refractivity contribution in [2.75, 3.05) is 0 Å². The van der Waals surface area contributed by atoms with Crippen LogP contribution in [0.5, 0.6) is 0 Å². The Hall–Kier alpha value is -1.74. The molecule has 0 aromatic carbocycles. The molecule has 4 nitrogen and oxygen atoms in total. The van der Waals surface area contributed by atoms with E-state index in [0.29, 0.717) is 0 Å². The topological polar surface area (TPSA) is 82.7 Å². The van der Waals surface area contributed by atoms with E-state index in [-0.39, 0.29) is 17.7 Å². The molecule has 0 amide bonds. The van der Waals surface area contributed by atoms with E-state index in [0.717, 1.165) is 6.07 Å². The number of nitrogens with one attached hydrogen (secondary N) is 1. The lowest BCUT2D eigenvalue weighted by Gasteiger charge is -2.05. The highest BCUT2D eigenvalue weighted by atomic mass is 19.3. The maximum Gasteiger partial charge on any atom is 0.278 e. The van der Waals surface area contributed by atoms with Gasteiger partial charge in [0.05, 0.1) is 5.69 Å². The van der Waals surface area contributed by atoms with Crippen LogP contribution < -0.4 is 11.3 Å². The van der Waals surface area contributed by atoms with Gasteiger partial charge in [-0.1, -0.05) is 0 Å². The predicted octanol–water partition coefficient (Wildman–Crippen LogP) is 0.643. The lowest BCUT2D eigenvalue weighted by molar-refractivity contribution is 0.144. The average Bonchev–Trinajstić information content (AvgIpc) is 2.17. The molecule has 0 spiro atoms. The van der Waals surface area contributed by atoms with Gasteiger partial charge in [0.25, 0.3) is 12.0 Å². The summed E-state index contributed by atoms with van der Waals surface area (Å²) in [7, 11) is 0. The summed E-state index contributed by atoms with van der Waals surface area (Å²) in [6, 6.07) is 2.68. The van der Waals surface area contributed by atoms with Crippen molar-refractivity contribution in [2.24, 2.45) is 5.73 Å². The molecule has 1 aromatic heterocycles. The van der Waals surface area contributed by atoms with Crippen LogP contribution in [0.15, 0.2) is 10.9 Å². The third-order valence-electron chi connectivity index (χ3n) is 1.72. The van der Waals surface area contributed by atoms with E-state index < -0.39 is 17.7 Å². The summed E-state index contributed by atoms with van der Waals surface area (Å²) in [6.45, 7) is -0.148. The molecule has 1 aromatic rings. The van der Waals surface area contributed by atoms with Gasteiger partial charge in [-0.25, -0.2) is 8.78 Å². The van der Waals surface area contributed by atoms with Gasteiger partial charge in [-0.15, -0.1) is 0 Å². The molecule has 0 fully saturated rings. The van der Waals surface area contributed by atoms with Crippen LogP contribution in [-0.2, 0) is 6.54 Å². The van der Waals surface area contributed by atoms with E-state index in [4.69, 9.17) is 11.0 Å². The number of hydrogen-bond acceptors (Lipinski definition) is 3. The van der Waals surface area contributed by atoms with Gasteiger partial charge in [-0.2, -0.15) is 5.26 Å². The molecular formula is C8H7F2N3O. The molecule has 14 heavy (non-hydrogen) atoms. The van der Waals surface area contributed by atoms with E-state index in [1.54, 1.807) is 6.07 Å². The van der Waals surface area contributed by atoms with Crippen LogP contribution >= 0.6 is 0 Å². The van der Waals surface area contributed by atoms with Crippen molar-refractivity contribution in [2.45, 2.75) is 13.0 Å². The van der Waals surface area contributed by atoms with Crippen molar-refractivity contribution in [3.63, 3.8) is 0 Å². The summed E-state index contributed by atoms with van der Waals surface area (Å²) in [4.78, 5) is 12.9. The number of pyridine rings is 1. The first-order valence-electron chi connectivity index (χ1n) is 3.74. The van der Waals surface area contributed by atoms with Crippen molar-refractivity contribution >= 4 is 0 Å². The van der Waals surface area contributed by atoms with Gasteiger partial charge in [0.2, 0.25) is 0 Å². The molecule has 1 rings (SSSR count). The number of aromatic nitrogens is 1. The smallest absolute Gasteiger partial charge is 0.278 e. The number of halogens is 2. The zero-order chi connectivity index (χ0) is 10.7. The van der Waals surface area contributed by atoms with Crippen molar-refractivity contribution in [1.29, 1.82) is 5.26 Å². The summed E-state index contributed by atoms with van der Waals surface area (Å²) in [5.41, 5.74) is 3.73. The van der Waals surface area contributed by atoms with Gasteiger partial charge >= 0.3 is 0 Å². The normalized spacial score (nSPS) is 10.2. The lowest BCUT2D eigenvalue weighted by atomic mass is 10.1. The van der Waals surface area contributed by atoms with Crippen LogP contribution in [0, 0.1) is 11.3 Å². The SMILES string of the molecule is N#Cc1cc(CN)c(C(F)F)[nH]c1=O. The fraction of sp³-hybridized carbons (Fsp3) is 0.250. The molecule has 0 unspecified atom stereocenters. The van der Waals surface area contributed by atoms with Gasteiger partial charge in [-0.3, -0.25) is 4.79 Å². The Morgan fingerprint density at radius 2 is 2.29 bits per heavy atom. The number of nitriles is 1. The van der Waals surface area contributed by atoms with Crippen LogP contribution in [-0.4, -0.2) is 4.98 Å². The first-order valence-corrected chi connectivity index (χ1v) is 3.74. The molecule has 1 heterocycles. The molecule has 0 aliphatic heterocycles. The highest BCUT2D eigenvalue weighted by Gasteiger charge is 2.15. The standard InChI is InChI=1S/C8H7F2N3O/c9-7(10)6-4(2-11)1-5(3-12)8(14)13-6/h1,7H,2,11H2,(H,13,14). The number of rotatable bonds is 2.